The Kier molecular flexibility index (Phi) is 5.50. The van der Waals surface area contributed by atoms with Crippen LogP contribution in [-0.4, -0.2) is 9.55 Å². The molecule has 0 unspecified atom stereocenters. The van der Waals surface area contributed by atoms with Crippen LogP contribution in [0.3, 0.4) is 0 Å². The summed E-state index contributed by atoms with van der Waals surface area (Å²) in [6.45, 7) is 0. The summed E-state index contributed by atoms with van der Waals surface area (Å²) >= 11 is 0. The minimum Gasteiger partial charge on any atom is -0.309 e. The third-order valence-electron chi connectivity index (χ3n) is 7.24. The largest absolute Gasteiger partial charge is 0.309 e. The van der Waals surface area contributed by atoms with E-state index in [4.69, 9.17) is 0 Å². The molecule has 0 bridgehead atoms. The van der Waals surface area contributed by atoms with Crippen LogP contribution in [0.15, 0.2) is 140 Å². The standard InChI is InChI=1S/C36H23N3/c37-24-29-22-28(23-33(38-29)25-11-2-1-3-12-25)26-13-10-14-27(21-26)30-15-4-7-18-34(30)39-35-19-8-5-16-31(35)32-17-6-9-20-36(32)39/h1-23H. The van der Waals surface area contributed by atoms with Crippen LogP contribution in [0.4, 0.5) is 0 Å². The van der Waals surface area contributed by atoms with Crippen LogP contribution in [-0.2, 0) is 0 Å². The molecular weight excluding hydrogens is 474 g/mol. The van der Waals surface area contributed by atoms with E-state index in [2.05, 4.69) is 119 Å². The maximum absolute atomic E-state index is 9.71. The zero-order valence-electron chi connectivity index (χ0n) is 21.1. The van der Waals surface area contributed by atoms with Gasteiger partial charge >= 0.3 is 0 Å². The molecule has 0 radical (unpaired) electrons. The topological polar surface area (TPSA) is 41.6 Å². The van der Waals surface area contributed by atoms with Crippen LogP contribution < -0.4 is 0 Å². The lowest BCUT2D eigenvalue weighted by Gasteiger charge is -2.15. The first-order chi connectivity index (χ1) is 19.3. The van der Waals surface area contributed by atoms with Gasteiger partial charge in [0.1, 0.15) is 11.8 Å². The lowest BCUT2D eigenvalue weighted by atomic mass is 9.97. The van der Waals surface area contributed by atoms with Gasteiger partial charge in [-0.3, -0.25) is 0 Å². The molecule has 0 fully saturated rings. The Balaban J connectivity index is 1.41. The number of rotatable bonds is 4. The van der Waals surface area contributed by atoms with Crippen molar-refractivity contribution in [2.75, 3.05) is 0 Å². The Hall–Kier alpha value is -5.46. The summed E-state index contributed by atoms with van der Waals surface area (Å²) < 4.78 is 2.36. The first-order valence-corrected chi connectivity index (χ1v) is 13.0. The molecule has 0 aliphatic carbocycles. The van der Waals surface area contributed by atoms with Crippen molar-refractivity contribution < 1.29 is 0 Å². The van der Waals surface area contributed by atoms with E-state index in [1.165, 1.54) is 21.8 Å². The number of hydrogen-bond donors (Lipinski definition) is 0. The van der Waals surface area contributed by atoms with E-state index in [0.29, 0.717) is 5.69 Å². The molecule has 2 heterocycles. The van der Waals surface area contributed by atoms with Crippen LogP contribution in [0.2, 0.25) is 0 Å². The third kappa shape index (κ3) is 3.96. The molecule has 0 aliphatic rings. The van der Waals surface area contributed by atoms with Crippen molar-refractivity contribution in [2.24, 2.45) is 0 Å². The highest BCUT2D eigenvalue weighted by Gasteiger charge is 2.15. The molecule has 7 rings (SSSR count). The number of benzene rings is 5. The summed E-state index contributed by atoms with van der Waals surface area (Å²) in [5.41, 5.74) is 9.95. The van der Waals surface area contributed by atoms with Crippen molar-refractivity contribution in [3.05, 3.63) is 145 Å². The summed E-state index contributed by atoms with van der Waals surface area (Å²) in [5, 5.41) is 12.2. The average molecular weight is 498 g/mol. The number of aromatic nitrogens is 2. The Morgan fingerprint density at radius 2 is 1.13 bits per heavy atom. The Morgan fingerprint density at radius 3 is 1.87 bits per heavy atom. The van der Waals surface area contributed by atoms with Crippen molar-refractivity contribution in [3.63, 3.8) is 0 Å². The number of hydrogen-bond acceptors (Lipinski definition) is 2. The molecule has 7 aromatic rings. The molecule has 0 aliphatic heterocycles. The monoisotopic (exact) mass is 497 g/mol. The van der Waals surface area contributed by atoms with E-state index in [1.807, 2.05) is 36.4 Å². The van der Waals surface area contributed by atoms with E-state index >= 15 is 0 Å². The number of para-hydroxylation sites is 3. The molecule has 0 saturated carbocycles. The van der Waals surface area contributed by atoms with Gasteiger partial charge in [0.25, 0.3) is 0 Å². The molecule has 3 nitrogen and oxygen atoms in total. The van der Waals surface area contributed by atoms with E-state index < -0.39 is 0 Å². The second-order valence-corrected chi connectivity index (χ2v) is 9.57. The van der Waals surface area contributed by atoms with Crippen LogP contribution in [0, 0.1) is 11.3 Å². The fourth-order valence-electron chi connectivity index (χ4n) is 5.47. The Bertz CT molecular complexity index is 1970. The molecular formula is C36H23N3. The van der Waals surface area contributed by atoms with E-state index in [9.17, 15) is 5.26 Å². The summed E-state index contributed by atoms with van der Waals surface area (Å²) in [6, 6.07) is 50.4. The van der Waals surface area contributed by atoms with E-state index in [-0.39, 0.29) is 0 Å². The lowest BCUT2D eigenvalue weighted by molar-refractivity contribution is 1.18. The molecule has 5 aromatic carbocycles. The number of pyridine rings is 1. The first-order valence-electron chi connectivity index (χ1n) is 13.0. The maximum Gasteiger partial charge on any atom is 0.141 e. The highest BCUT2D eigenvalue weighted by Crippen LogP contribution is 2.37. The van der Waals surface area contributed by atoms with Gasteiger partial charge in [0, 0.05) is 21.9 Å². The van der Waals surface area contributed by atoms with Crippen molar-refractivity contribution in [2.45, 2.75) is 0 Å². The summed E-state index contributed by atoms with van der Waals surface area (Å²) in [4.78, 5) is 4.57. The predicted molar refractivity (Wildman–Crippen MR) is 160 cm³/mol. The second kappa shape index (κ2) is 9.45. The number of nitriles is 1. The molecule has 0 amide bonds. The molecule has 39 heavy (non-hydrogen) atoms. The van der Waals surface area contributed by atoms with Gasteiger partial charge in [-0.15, -0.1) is 0 Å². The van der Waals surface area contributed by atoms with Gasteiger partial charge < -0.3 is 4.57 Å². The fourth-order valence-corrected chi connectivity index (χ4v) is 5.47. The molecule has 0 N–H and O–H groups in total. The summed E-state index contributed by atoms with van der Waals surface area (Å²) in [5.74, 6) is 0. The second-order valence-electron chi connectivity index (χ2n) is 9.57. The zero-order valence-corrected chi connectivity index (χ0v) is 21.1. The average Bonchev–Trinajstić information content (AvgIpc) is 3.35. The Labute approximate surface area is 226 Å². The number of fused-ring (bicyclic) bond motifs is 3. The quantitative estimate of drug-likeness (QED) is 0.243. The summed E-state index contributed by atoms with van der Waals surface area (Å²) in [6.07, 6.45) is 0. The van der Waals surface area contributed by atoms with Gasteiger partial charge in [-0.25, -0.2) is 4.98 Å². The van der Waals surface area contributed by atoms with Gasteiger partial charge in [-0.05, 0) is 53.1 Å². The predicted octanol–water partition coefficient (Wildman–Crippen LogP) is 9.05. The first kappa shape index (κ1) is 22.7. The lowest BCUT2D eigenvalue weighted by Crippen LogP contribution is -1.97. The van der Waals surface area contributed by atoms with Crippen LogP contribution in [0.1, 0.15) is 5.69 Å². The summed E-state index contributed by atoms with van der Waals surface area (Å²) in [7, 11) is 0. The molecule has 3 heteroatoms. The van der Waals surface area contributed by atoms with Gasteiger partial charge in [0.15, 0.2) is 0 Å². The van der Waals surface area contributed by atoms with E-state index in [1.54, 1.807) is 0 Å². The van der Waals surface area contributed by atoms with Crippen molar-refractivity contribution in [1.29, 1.82) is 5.26 Å². The molecule has 2 aromatic heterocycles. The molecule has 0 saturated heterocycles. The molecule has 182 valence electrons. The highest BCUT2D eigenvalue weighted by molar-refractivity contribution is 6.09. The van der Waals surface area contributed by atoms with Gasteiger partial charge in [0.05, 0.1) is 22.4 Å². The highest BCUT2D eigenvalue weighted by atomic mass is 15.0. The van der Waals surface area contributed by atoms with Crippen LogP contribution in [0.25, 0.3) is 61.0 Å². The fraction of sp³-hybridized carbons (Fsp3) is 0. The normalized spacial score (nSPS) is 11.1. The van der Waals surface area contributed by atoms with Crippen LogP contribution >= 0.6 is 0 Å². The smallest absolute Gasteiger partial charge is 0.141 e. The van der Waals surface area contributed by atoms with Gasteiger partial charge in [-0.1, -0.05) is 103 Å². The molecule has 0 atom stereocenters. The van der Waals surface area contributed by atoms with Gasteiger partial charge in [-0.2, -0.15) is 5.26 Å². The van der Waals surface area contributed by atoms with Gasteiger partial charge in [0.2, 0.25) is 0 Å². The number of nitrogens with zero attached hydrogens (tertiary/aromatic N) is 3. The Morgan fingerprint density at radius 1 is 0.513 bits per heavy atom. The minimum atomic E-state index is 0.405. The maximum atomic E-state index is 9.71. The van der Waals surface area contributed by atoms with E-state index in [0.717, 1.165) is 39.2 Å². The zero-order chi connectivity index (χ0) is 26.2. The van der Waals surface area contributed by atoms with Crippen molar-refractivity contribution in [1.82, 2.24) is 9.55 Å². The van der Waals surface area contributed by atoms with Crippen molar-refractivity contribution >= 4 is 21.8 Å². The third-order valence-corrected chi connectivity index (χ3v) is 7.24. The molecule has 0 spiro atoms. The van der Waals surface area contributed by atoms with Crippen molar-refractivity contribution in [3.8, 4) is 45.3 Å². The SMILES string of the molecule is N#Cc1cc(-c2cccc(-c3ccccc3-n3c4ccccc4c4ccccc43)c2)cc(-c2ccccc2)n1. The minimum absolute atomic E-state index is 0.405. The van der Waals surface area contributed by atoms with Crippen LogP contribution in [0.5, 0.6) is 0 Å².